The van der Waals surface area contributed by atoms with E-state index in [-0.39, 0.29) is 29.5 Å². The third kappa shape index (κ3) is 3.16. The molecule has 2 fully saturated rings. The van der Waals surface area contributed by atoms with Crippen LogP contribution in [0, 0.1) is 0 Å². The Hall–Kier alpha value is -1.89. The molecule has 0 unspecified atom stereocenters. The molecule has 1 saturated carbocycles. The monoisotopic (exact) mass is 374 g/mol. The highest BCUT2D eigenvalue weighted by Crippen LogP contribution is 2.43. The fourth-order valence-corrected chi connectivity index (χ4v) is 5.19. The Bertz CT molecular complexity index is 731. The molecule has 7 nitrogen and oxygen atoms in total. The highest BCUT2D eigenvalue weighted by atomic mass is 16.5. The fraction of sp³-hybridized carbons (Fsp3) is 0.750. The van der Waals surface area contributed by atoms with Crippen molar-refractivity contribution in [2.24, 2.45) is 0 Å². The van der Waals surface area contributed by atoms with Gasteiger partial charge in [-0.15, -0.1) is 0 Å². The topological polar surface area (TPSA) is 87.3 Å². The van der Waals surface area contributed by atoms with Crippen LogP contribution in [0.2, 0.25) is 0 Å². The van der Waals surface area contributed by atoms with E-state index in [1.165, 1.54) is 0 Å². The lowest BCUT2D eigenvalue weighted by atomic mass is 9.78. The number of hydrogen-bond acceptors (Lipinski definition) is 4. The summed E-state index contributed by atoms with van der Waals surface area (Å²) in [6.45, 7) is 2.55. The second kappa shape index (κ2) is 7.26. The number of aryl methyl sites for hydroxylation is 1. The molecule has 0 radical (unpaired) electrons. The maximum Gasteiger partial charge on any atom is 0.274 e. The number of ether oxygens (including phenoxy) is 1. The van der Waals surface area contributed by atoms with E-state index >= 15 is 0 Å². The van der Waals surface area contributed by atoms with Crippen LogP contribution >= 0.6 is 0 Å². The van der Waals surface area contributed by atoms with E-state index in [4.69, 9.17) is 4.74 Å². The molecule has 0 bridgehead atoms. The highest BCUT2D eigenvalue weighted by Gasteiger charge is 2.53. The zero-order chi connectivity index (χ0) is 19.0. The molecule has 2 N–H and O–H groups in total. The minimum absolute atomic E-state index is 0.0122. The SMILES string of the molecule is CCC(=O)N[C@@H]1CC[C@@]2(OC)CCN(C(=O)c3n[nH]c4c3CCCC4)[C@H]2C1. The van der Waals surface area contributed by atoms with Gasteiger partial charge in [0.25, 0.3) is 5.91 Å². The Morgan fingerprint density at radius 1 is 1.33 bits per heavy atom. The number of likely N-dealkylation sites (tertiary alicyclic amines) is 1. The van der Waals surface area contributed by atoms with E-state index in [0.717, 1.165) is 62.6 Å². The number of rotatable bonds is 4. The lowest BCUT2D eigenvalue weighted by molar-refractivity contribution is -0.122. The Balaban J connectivity index is 1.56. The Labute approximate surface area is 160 Å². The molecule has 3 aliphatic rings. The zero-order valence-electron chi connectivity index (χ0n) is 16.3. The van der Waals surface area contributed by atoms with Crippen molar-refractivity contribution in [3.8, 4) is 0 Å². The van der Waals surface area contributed by atoms with Crippen molar-refractivity contribution in [1.29, 1.82) is 0 Å². The lowest BCUT2D eigenvalue weighted by Crippen LogP contribution is -2.55. The summed E-state index contributed by atoms with van der Waals surface area (Å²) in [7, 11) is 1.75. The second-order valence-corrected chi connectivity index (χ2v) is 8.16. The number of carbonyl (C=O) groups excluding carboxylic acids is 2. The van der Waals surface area contributed by atoms with Crippen molar-refractivity contribution in [2.75, 3.05) is 13.7 Å². The van der Waals surface area contributed by atoms with E-state index in [1.54, 1.807) is 7.11 Å². The third-order valence-corrected chi connectivity index (χ3v) is 6.80. The maximum atomic E-state index is 13.4. The number of amides is 2. The first-order chi connectivity index (χ1) is 13.1. The van der Waals surface area contributed by atoms with Gasteiger partial charge in [-0.05, 0) is 51.4 Å². The van der Waals surface area contributed by atoms with Gasteiger partial charge in [0.2, 0.25) is 5.91 Å². The molecule has 7 heteroatoms. The molecule has 4 rings (SSSR count). The van der Waals surface area contributed by atoms with Crippen LogP contribution in [-0.4, -0.2) is 58.3 Å². The van der Waals surface area contributed by atoms with E-state index in [2.05, 4.69) is 15.5 Å². The van der Waals surface area contributed by atoms with Gasteiger partial charge in [0.05, 0.1) is 11.6 Å². The summed E-state index contributed by atoms with van der Waals surface area (Å²) in [5, 5.41) is 10.6. The average molecular weight is 374 g/mol. The van der Waals surface area contributed by atoms with Crippen molar-refractivity contribution in [3.05, 3.63) is 17.0 Å². The molecule has 148 valence electrons. The molecular weight excluding hydrogens is 344 g/mol. The number of carbonyl (C=O) groups is 2. The van der Waals surface area contributed by atoms with Crippen LogP contribution in [0.3, 0.4) is 0 Å². The van der Waals surface area contributed by atoms with Crippen molar-refractivity contribution < 1.29 is 14.3 Å². The number of nitrogens with zero attached hydrogens (tertiary/aromatic N) is 2. The van der Waals surface area contributed by atoms with Gasteiger partial charge in [-0.2, -0.15) is 5.10 Å². The quantitative estimate of drug-likeness (QED) is 0.843. The second-order valence-electron chi connectivity index (χ2n) is 8.16. The van der Waals surface area contributed by atoms with Crippen molar-refractivity contribution in [2.45, 2.75) is 82.4 Å². The van der Waals surface area contributed by atoms with Crippen LogP contribution in [0.1, 0.15) is 73.6 Å². The summed E-state index contributed by atoms with van der Waals surface area (Å²) < 4.78 is 5.96. The molecule has 2 amide bonds. The molecule has 1 aliphatic heterocycles. The number of nitrogens with one attached hydrogen (secondary N) is 2. The predicted molar refractivity (Wildman–Crippen MR) is 100 cm³/mol. The minimum atomic E-state index is -0.292. The Kier molecular flexibility index (Phi) is 4.97. The van der Waals surface area contributed by atoms with Gasteiger partial charge in [-0.1, -0.05) is 6.92 Å². The van der Waals surface area contributed by atoms with Crippen LogP contribution in [0.25, 0.3) is 0 Å². The molecule has 2 aliphatic carbocycles. The fourth-order valence-electron chi connectivity index (χ4n) is 5.19. The van der Waals surface area contributed by atoms with Gasteiger partial charge >= 0.3 is 0 Å². The van der Waals surface area contributed by atoms with Crippen molar-refractivity contribution in [1.82, 2.24) is 20.4 Å². The molecule has 0 spiro atoms. The summed E-state index contributed by atoms with van der Waals surface area (Å²) in [5.41, 5.74) is 2.53. The largest absolute Gasteiger partial charge is 0.376 e. The van der Waals surface area contributed by atoms with Gasteiger partial charge in [-0.3, -0.25) is 14.7 Å². The molecule has 27 heavy (non-hydrogen) atoms. The van der Waals surface area contributed by atoms with Crippen LogP contribution in [0.5, 0.6) is 0 Å². The lowest BCUT2D eigenvalue weighted by Gasteiger charge is -2.43. The van der Waals surface area contributed by atoms with E-state index in [0.29, 0.717) is 18.7 Å². The maximum absolute atomic E-state index is 13.4. The number of aromatic amines is 1. The summed E-state index contributed by atoms with van der Waals surface area (Å²) >= 11 is 0. The van der Waals surface area contributed by atoms with Crippen LogP contribution in [0.15, 0.2) is 0 Å². The van der Waals surface area contributed by atoms with Crippen LogP contribution < -0.4 is 5.32 Å². The van der Waals surface area contributed by atoms with E-state index < -0.39 is 0 Å². The zero-order valence-corrected chi connectivity index (χ0v) is 16.3. The smallest absolute Gasteiger partial charge is 0.274 e. The number of aromatic nitrogens is 2. The van der Waals surface area contributed by atoms with Crippen LogP contribution in [-0.2, 0) is 22.4 Å². The Morgan fingerprint density at radius 3 is 2.93 bits per heavy atom. The standard InChI is InChI=1S/C20H30N4O3/c1-3-17(25)21-13-8-9-20(27-2)10-11-24(16(20)12-13)19(26)18-14-6-4-5-7-15(14)22-23-18/h13,16H,3-12H2,1-2H3,(H,21,25)(H,22,23)/t13-,16+,20-/m1/s1. The number of fused-ring (bicyclic) bond motifs is 2. The normalized spacial score (nSPS) is 29.9. The molecule has 1 saturated heterocycles. The summed E-state index contributed by atoms with van der Waals surface area (Å²) in [5.74, 6) is 0.0861. The molecule has 1 aromatic heterocycles. The third-order valence-electron chi connectivity index (χ3n) is 6.80. The summed E-state index contributed by atoms with van der Waals surface area (Å²) in [6, 6.07) is 0.0917. The first-order valence-electron chi connectivity index (χ1n) is 10.3. The number of methoxy groups -OCH3 is 1. The van der Waals surface area contributed by atoms with Crippen LogP contribution in [0.4, 0.5) is 0 Å². The van der Waals surface area contributed by atoms with Gasteiger partial charge in [0, 0.05) is 37.4 Å². The van der Waals surface area contributed by atoms with Crippen molar-refractivity contribution >= 4 is 11.8 Å². The van der Waals surface area contributed by atoms with Gasteiger partial charge in [0.1, 0.15) is 0 Å². The first kappa shape index (κ1) is 18.5. The summed E-state index contributed by atoms with van der Waals surface area (Å²) in [4.78, 5) is 27.2. The predicted octanol–water partition coefficient (Wildman–Crippen LogP) is 1.97. The number of hydrogen-bond donors (Lipinski definition) is 2. The highest BCUT2D eigenvalue weighted by molar-refractivity contribution is 5.94. The molecular formula is C20H30N4O3. The molecule has 1 aromatic rings. The average Bonchev–Trinajstić information content (AvgIpc) is 3.29. The van der Waals surface area contributed by atoms with E-state index in [9.17, 15) is 9.59 Å². The molecule has 2 heterocycles. The Morgan fingerprint density at radius 2 is 2.15 bits per heavy atom. The van der Waals surface area contributed by atoms with Gasteiger partial charge < -0.3 is 15.0 Å². The van der Waals surface area contributed by atoms with Crippen molar-refractivity contribution in [3.63, 3.8) is 0 Å². The van der Waals surface area contributed by atoms with Gasteiger partial charge in [0.15, 0.2) is 5.69 Å². The molecule has 3 atom stereocenters. The summed E-state index contributed by atoms with van der Waals surface area (Å²) in [6.07, 6.45) is 8.02. The van der Waals surface area contributed by atoms with E-state index in [1.807, 2.05) is 11.8 Å². The van der Waals surface area contributed by atoms with Gasteiger partial charge in [-0.25, -0.2) is 0 Å². The first-order valence-corrected chi connectivity index (χ1v) is 10.3. The minimum Gasteiger partial charge on any atom is -0.376 e. The number of H-pyrrole nitrogens is 1. The molecule has 0 aromatic carbocycles.